The van der Waals surface area contributed by atoms with Crippen LogP contribution in [0.5, 0.6) is 0 Å². The van der Waals surface area contributed by atoms with Gasteiger partial charge in [0.25, 0.3) is 0 Å². The molecule has 0 aliphatic rings. The fraction of sp³-hybridized carbons (Fsp3) is 0.143. The maximum absolute atomic E-state index is 5.24. The summed E-state index contributed by atoms with van der Waals surface area (Å²) in [6.45, 7) is 1.89. The highest BCUT2D eigenvalue weighted by molar-refractivity contribution is 9.10. The molecule has 0 fully saturated rings. The van der Waals surface area contributed by atoms with Crippen molar-refractivity contribution in [1.29, 1.82) is 0 Å². The van der Waals surface area contributed by atoms with E-state index >= 15 is 0 Å². The van der Waals surface area contributed by atoms with Crippen LogP contribution in [0.1, 0.15) is 11.8 Å². The average molecular weight is 278 g/mol. The zero-order chi connectivity index (χ0) is 9.84. The first kappa shape index (κ1) is 10.6. The van der Waals surface area contributed by atoms with Gasteiger partial charge in [0.05, 0.1) is 10.6 Å². The monoisotopic (exact) mass is 277 g/mol. The molecule has 0 atom stereocenters. The van der Waals surface area contributed by atoms with Gasteiger partial charge in [-0.2, -0.15) is 5.10 Å². The van der Waals surface area contributed by atoms with Crippen LogP contribution in [0.4, 0.5) is 0 Å². The highest BCUT2D eigenvalue weighted by Crippen LogP contribution is 2.22. The molecule has 1 rings (SSSR count). The molecule has 0 saturated heterocycles. The number of hydrazone groups is 1. The number of hydrogen-bond donors (Lipinski definition) is 2. The number of hydrogen-bond acceptors (Lipinski definition) is 3. The van der Waals surface area contributed by atoms with E-state index in [2.05, 4.69) is 38.7 Å². The number of thiocarbonyl (C=S) groups is 1. The fourth-order valence-electron chi connectivity index (χ4n) is 0.742. The predicted molar refractivity (Wildman–Crippen MR) is 64.2 cm³/mol. The van der Waals surface area contributed by atoms with Gasteiger partial charge in [-0.05, 0) is 46.5 Å². The molecule has 0 aliphatic heterocycles. The maximum Gasteiger partial charge on any atom is 0.184 e. The largest absolute Gasteiger partial charge is 0.375 e. The maximum atomic E-state index is 5.24. The first-order valence-electron chi connectivity index (χ1n) is 3.44. The van der Waals surface area contributed by atoms with E-state index in [4.69, 9.17) is 5.73 Å². The topological polar surface area (TPSA) is 50.4 Å². The molecule has 6 heteroatoms. The lowest BCUT2D eigenvalue weighted by molar-refractivity contribution is 1.03. The lowest BCUT2D eigenvalue weighted by Crippen LogP contribution is -2.25. The van der Waals surface area contributed by atoms with Gasteiger partial charge in [-0.25, -0.2) is 0 Å². The first-order valence-corrected chi connectivity index (χ1v) is 5.52. The van der Waals surface area contributed by atoms with Crippen molar-refractivity contribution in [2.24, 2.45) is 10.8 Å². The van der Waals surface area contributed by atoms with Crippen molar-refractivity contribution in [3.63, 3.8) is 0 Å². The third kappa shape index (κ3) is 3.06. The highest BCUT2D eigenvalue weighted by atomic mass is 79.9. The molecule has 0 radical (unpaired) electrons. The third-order valence-corrected chi connectivity index (χ3v) is 3.32. The standard InChI is InChI=1S/C7H8BrN3S2/c1-4(10-11-7(9)12)6-5(8)2-3-13-6/h2-3H,1H3,(H3,9,11,12). The molecule has 0 aliphatic carbocycles. The van der Waals surface area contributed by atoms with Crippen LogP contribution in [0.2, 0.25) is 0 Å². The molecular formula is C7H8BrN3S2. The average Bonchev–Trinajstić information content (AvgIpc) is 2.47. The Hall–Kier alpha value is -0.460. The summed E-state index contributed by atoms with van der Waals surface area (Å²) in [4.78, 5) is 1.07. The van der Waals surface area contributed by atoms with Crippen molar-refractivity contribution in [2.75, 3.05) is 0 Å². The van der Waals surface area contributed by atoms with E-state index in [1.54, 1.807) is 11.3 Å². The van der Waals surface area contributed by atoms with Gasteiger partial charge in [-0.3, -0.25) is 5.43 Å². The molecule has 3 N–H and O–H groups in total. The van der Waals surface area contributed by atoms with Crippen LogP contribution in [-0.4, -0.2) is 10.8 Å². The predicted octanol–water partition coefficient (Wildman–Crippen LogP) is 2.07. The summed E-state index contributed by atoms with van der Waals surface area (Å²) in [5.41, 5.74) is 8.64. The molecule has 0 spiro atoms. The summed E-state index contributed by atoms with van der Waals surface area (Å²) in [6.07, 6.45) is 0. The van der Waals surface area contributed by atoms with Crippen LogP contribution < -0.4 is 11.2 Å². The minimum atomic E-state index is 0.173. The molecule has 0 saturated carbocycles. The molecule has 0 bridgehead atoms. The summed E-state index contributed by atoms with van der Waals surface area (Å²) in [5, 5.41) is 6.17. The fourth-order valence-corrected chi connectivity index (χ4v) is 2.40. The van der Waals surface area contributed by atoms with E-state index in [9.17, 15) is 0 Å². The molecule has 1 aromatic heterocycles. The van der Waals surface area contributed by atoms with Gasteiger partial charge in [-0.1, -0.05) is 0 Å². The zero-order valence-electron chi connectivity index (χ0n) is 6.87. The number of rotatable bonds is 2. The van der Waals surface area contributed by atoms with Gasteiger partial charge in [0, 0.05) is 4.47 Å². The Morgan fingerprint density at radius 3 is 2.92 bits per heavy atom. The summed E-state index contributed by atoms with van der Waals surface area (Å²) >= 11 is 9.65. The normalized spacial score (nSPS) is 11.4. The summed E-state index contributed by atoms with van der Waals surface area (Å²) < 4.78 is 1.03. The van der Waals surface area contributed by atoms with Crippen molar-refractivity contribution in [2.45, 2.75) is 6.92 Å². The van der Waals surface area contributed by atoms with Crippen LogP contribution in [-0.2, 0) is 0 Å². The lowest BCUT2D eigenvalue weighted by atomic mass is 10.3. The molecular weight excluding hydrogens is 270 g/mol. The Kier molecular flexibility index (Phi) is 3.83. The van der Waals surface area contributed by atoms with E-state index in [1.807, 2.05) is 18.4 Å². The number of nitrogens with two attached hydrogens (primary N) is 1. The van der Waals surface area contributed by atoms with E-state index in [0.29, 0.717) is 0 Å². The number of halogens is 1. The molecule has 3 nitrogen and oxygen atoms in total. The molecule has 0 unspecified atom stereocenters. The van der Waals surface area contributed by atoms with E-state index in [1.165, 1.54) is 0 Å². The van der Waals surface area contributed by atoms with Crippen LogP contribution in [0.15, 0.2) is 21.0 Å². The summed E-state index contributed by atoms with van der Waals surface area (Å²) in [5.74, 6) is 0. The number of thiophene rings is 1. The van der Waals surface area contributed by atoms with Gasteiger partial charge in [0.2, 0.25) is 0 Å². The Morgan fingerprint density at radius 2 is 2.46 bits per heavy atom. The van der Waals surface area contributed by atoms with E-state index < -0.39 is 0 Å². The van der Waals surface area contributed by atoms with Gasteiger partial charge < -0.3 is 5.73 Å². The molecule has 1 aromatic rings. The minimum Gasteiger partial charge on any atom is -0.375 e. The molecule has 70 valence electrons. The SMILES string of the molecule is CC(=NNC(N)=S)c1sccc1Br. The quantitative estimate of drug-likeness (QED) is 0.494. The zero-order valence-corrected chi connectivity index (χ0v) is 10.1. The van der Waals surface area contributed by atoms with E-state index in [0.717, 1.165) is 15.1 Å². The van der Waals surface area contributed by atoms with Gasteiger partial charge in [0.1, 0.15) is 0 Å². The molecule has 1 heterocycles. The number of nitrogens with zero attached hydrogens (tertiary/aromatic N) is 1. The third-order valence-electron chi connectivity index (χ3n) is 1.28. The van der Waals surface area contributed by atoms with Crippen molar-refractivity contribution >= 4 is 50.3 Å². The smallest absolute Gasteiger partial charge is 0.184 e. The lowest BCUT2D eigenvalue weighted by Gasteiger charge is -1.99. The van der Waals surface area contributed by atoms with Gasteiger partial charge >= 0.3 is 0 Å². The Bertz CT molecular complexity index is 345. The Balaban J connectivity index is 2.78. The summed E-state index contributed by atoms with van der Waals surface area (Å²) in [7, 11) is 0. The highest BCUT2D eigenvalue weighted by Gasteiger charge is 2.03. The van der Waals surface area contributed by atoms with Crippen molar-refractivity contribution in [1.82, 2.24) is 5.43 Å². The molecule has 0 amide bonds. The van der Waals surface area contributed by atoms with Crippen LogP contribution >= 0.6 is 39.5 Å². The second-order valence-corrected chi connectivity index (χ2v) is 4.48. The Labute approximate surface area is 94.1 Å². The van der Waals surface area contributed by atoms with E-state index in [-0.39, 0.29) is 5.11 Å². The minimum absolute atomic E-state index is 0.173. The van der Waals surface area contributed by atoms with Crippen molar-refractivity contribution in [3.05, 3.63) is 20.8 Å². The number of nitrogens with one attached hydrogen (secondary N) is 1. The first-order chi connectivity index (χ1) is 6.11. The second-order valence-electron chi connectivity index (χ2n) is 2.27. The molecule has 0 aromatic carbocycles. The van der Waals surface area contributed by atoms with Crippen molar-refractivity contribution < 1.29 is 0 Å². The van der Waals surface area contributed by atoms with Crippen LogP contribution in [0.25, 0.3) is 0 Å². The van der Waals surface area contributed by atoms with Crippen LogP contribution in [0, 0.1) is 0 Å². The second kappa shape index (κ2) is 4.69. The van der Waals surface area contributed by atoms with Crippen LogP contribution in [0.3, 0.4) is 0 Å². The summed E-state index contributed by atoms with van der Waals surface area (Å²) in [6, 6.07) is 1.97. The molecule has 13 heavy (non-hydrogen) atoms. The van der Waals surface area contributed by atoms with Gasteiger partial charge in [-0.15, -0.1) is 11.3 Å². The Morgan fingerprint density at radius 1 is 1.77 bits per heavy atom. The van der Waals surface area contributed by atoms with Crippen molar-refractivity contribution in [3.8, 4) is 0 Å². The van der Waals surface area contributed by atoms with Gasteiger partial charge in [0.15, 0.2) is 5.11 Å².